The fourth-order valence-corrected chi connectivity index (χ4v) is 1.61. The van der Waals surface area contributed by atoms with Crippen LogP contribution >= 0.6 is 0 Å². The van der Waals surface area contributed by atoms with Gasteiger partial charge in [0.05, 0.1) is 12.3 Å². The first-order valence-corrected chi connectivity index (χ1v) is 5.36. The molecule has 1 heterocycles. The molecule has 0 atom stereocenters. The average Bonchev–Trinajstić information content (AvgIpc) is 3.02. The Morgan fingerprint density at radius 2 is 2.31 bits per heavy atom. The molecule has 0 saturated heterocycles. The van der Waals surface area contributed by atoms with Gasteiger partial charge in [-0.15, -0.1) is 0 Å². The van der Waals surface area contributed by atoms with Crippen LogP contribution in [-0.4, -0.2) is 30.9 Å². The molecule has 1 fully saturated rings. The summed E-state index contributed by atoms with van der Waals surface area (Å²) in [5, 5.41) is 0. The molecule has 88 valence electrons. The van der Waals surface area contributed by atoms with Gasteiger partial charge in [0.2, 0.25) is 0 Å². The fraction of sp³-hybridized carbons (Fsp3) is 0.545. The predicted octanol–water partition coefficient (Wildman–Crippen LogP) is 1.21. The van der Waals surface area contributed by atoms with E-state index in [9.17, 15) is 4.79 Å². The molecule has 0 aliphatic heterocycles. The van der Waals surface area contributed by atoms with Gasteiger partial charge in [-0.3, -0.25) is 0 Å². The van der Waals surface area contributed by atoms with Crippen molar-refractivity contribution in [3.8, 4) is 0 Å². The second kappa shape index (κ2) is 4.57. The van der Waals surface area contributed by atoms with Crippen molar-refractivity contribution in [2.45, 2.75) is 18.9 Å². The molecule has 5 nitrogen and oxygen atoms in total. The summed E-state index contributed by atoms with van der Waals surface area (Å²) < 4.78 is 11.8. The number of nitrogens with zero attached hydrogens (tertiary/aromatic N) is 1. The van der Waals surface area contributed by atoms with Crippen molar-refractivity contribution in [3.63, 3.8) is 0 Å². The van der Waals surface area contributed by atoms with Crippen molar-refractivity contribution in [3.05, 3.63) is 18.0 Å². The summed E-state index contributed by atoms with van der Waals surface area (Å²) in [7, 11) is 1.57. The van der Waals surface area contributed by atoms with Gasteiger partial charge in [-0.25, -0.2) is 4.79 Å². The fourth-order valence-electron chi connectivity index (χ4n) is 1.61. The Bertz CT molecular complexity index is 383. The summed E-state index contributed by atoms with van der Waals surface area (Å²) in [5.41, 5.74) is 6.82. The SMILES string of the molecule is COCCOC(=O)c1cc(N)cn1C1CC1. The van der Waals surface area contributed by atoms with Crippen molar-refractivity contribution in [2.75, 3.05) is 26.1 Å². The van der Waals surface area contributed by atoms with E-state index in [1.165, 1.54) is 0 Å². The largest absolute Gasteiger partial charge is 0.459 e. The number of nitrogen functional groups attached to an aromatic ring is 1. The maximum absolute atomic E-state index is 11.7. The molecule has 0 amide bonds. The number of hydrogen-bond donors (Lipinski definition) is 1. The van der Waals surface area contributed by atoms with Gasteiger partial charge in [-0.1, -0.05) is 0 Å². The zero-order chi connectivity index (χ0) is 11.5. The number of methoxy groups -OCH3 is 1. The highest BCUT2D eigenvalue weighted by Gasteiger charge is 2.28. The van der Waals surface area contributed by atoms with E-state index in [-0.39, 0.29) is 12.6 Å². The number of anilines is 1. The molecule has 2 N–H and O–H groups in total. The van der Waals surface area contributed by atoms with Gasteiger partial charge in [0.25, 0.3) is 0 Å². The quantitative estimate of drug-likeness (QED) is 0.603. The van der Waals surface area contributed by atoms with Crippen LogP contribution in [0.3, 0.4) is 0 Å². The molecule has 1 saturated carbocycles. The number of ether oxygens (including phenoxy) is 2. The van der Waals surface area contributed by atoms with Crippen LogP contribution in [0.2, 0.25) is 0 Å². The first kappa shape index (κ1) is 11.0. The van der Waals surface area contributed by atoms with Crippen molar-refractivity contribution < 1.29 is 14.3 Å². The third-order valence-electron chi connectivity index (χ3n) is 2.54. The summed E-state index contributed by atoms with van der Waals surface area (Å²) in [5.74, 6) is -0.333. The predicted molar refractivity (Wildman–Crippen MR) is 59.3 cm³/mol. The van der Waals surface area contributed by atoms with E-state index in [4.69, 9.17) is 15.2 Å². The third-order valence-corrected chi connectivity index (χ3v) is 2.54. The molecule has 1 aliphatic carbocycles. The van der Waals surface area contributed by atoms with E-state index in [0.717, 1.165) is 12.8 Å². The van der Waals surface area contributed by atoms with Crippen LogP contribution in [0.25, 0.3) is 0 Å². The van der Waals surface area contributed by atoms with Crippen molar-refractivity contribution in [2.24, 2.45) is 0 Å². The number of carbonyl (C=O) groups excluding carboxylic acids is 1. The second-order valence-electron chi connectivity index (χ2n) is 3.93. The van der Waals surface area contributed by atoms with Gasteiger partial charge in [0, 0.05) is 19.3 Å². The Hall–Kier alpha value is -1.49. The molecular weight excluding hydrogens is 208 g/mol. The molecule has 0 unspecified atom stereocenters. The smallest absolute Gasteiger partial charge is 0.355 e. The molecule has 2 rings (SSSR count). The van der Waals surface area contributed by atoms with Gasteiger partial charge in [0.15, 0.2) is 0 Å². The molecule has 0 spiro atoms. The number of esters is 1. The van der Waals surface area contributed by atoms with Crippen molar-refractivity contribution >= 4 is 11.7 Å². The maximum atomic E-state index is 11.7. The maximum Gasteiger partial charge on any atom is 0.355 e. The monoisotopic (exact) mass is 224 g/mol. The standard InChI is InChI=1S/C11H16N2O3/c1-15-4-5-16-11(14)10-6-8(12)7-13(10)9-2-3-9/h6-7,9H,2-5,12H2,1H3. The highest BCUT2D eigenvalue weighted by molar-refractivity contribution is 5.89. The minimum absolute atomic E-state index is 0.269. The number of aromatic nitrogens is 1. The minimum Gasteiger partial charge on any atom is -0.459 e. The molecule has 5 heteroatoms. The number of nitrogens with two attached hydrogens (primary N) is 1. The topological polar surface area (TPSA) is 66.5 Å². The molecule has 1 aromatic heterocycles. The van der Waals surface area contributed by atoms with E-state index in [1.54, 1.807) is 19.4 Å². The van der Waals surface area contributed by atoms with Crippen LogP contribution in [0.1, 0.15) is 29.4 Å². The Balaban J connectivity index is 2.03. The van der Waals surface area contributed by atoms with Gasteiger partial charge < -0.3 is 19.8 Å². The Kier molecular flexibility index (Phi) is 3.14. The Morgan fingerprint density at radius 3 is 2.94 bits per heavy atom. The number of carbonyl (C=O) groups is 1. The highest BCUT2D eigenvalue weighted by atomic mass is 16.6. The Morgan fingerprint density at radius 1 is 1.56 bits per heavy atom. The number of hydrogen-bond acceptors (Lipinski definition) is 4. The van der Waals surface area contributed by atoms with E-state index >= 15 is 0 Å². The Labute approximate surface area is 94.1 Å². The lowest BCUT2D eigenvalue weighted by molar-refractivity contribution is 0.0376. The van der Waals surface area contributed by atoms with E-state index in [0.29, 0.717) is 24.0 Å². The summed E-state index contributed by atoms with van der Waals surface area (Å²) in [6.45, 7) is 0.677. The molecular formula is C11H16N2O3. The molecule has 16 heavy (non-hydrogen) atoms. The van der Waals surface area contributed by atoms with Gasteiger partial charge in [-0.05, 0) is 18.9 Å². The van der Waals surface area contributed by atoms with Gasteiger partial charge in [0.1, 0.15) is 12.3 Å². The summed E-state index contributed by atoms with van der Waals surface area (Å²) in [6, 6.07) is 2.08. The summed E-state index contributed by atoms with van der Waals surface area (Å²) in [6.07, 6.45) is 4.00. The first-order valence-electron chi connectivity index (χ1n) is 5.36. The molecule has 1 aromatic rings. The van der Waals surface area contributed by atoms with Crippen molar-refractivity contribution in [1.29, 1.82) is 0 Å². The van der Waals surface area contributed by atoms with Gasteiger partial charge in [-0.2, -0.15) is 0 Å². The van der Waals surface area contributed by atoms with Crippen LogP contribution < -0.4 is 5.73 Å². The second-order valence-corrected chi connectivity index (χ2v) is 3.93. The molecule has 0 radical (unpaired) electrons. The normalized spacial score (nSPS) is 15.1. The number of rotatable bonds is 5. The highest BCUT2D eigenvalue weighted by Crippen LogP contribution is 2.37. The minimum atomic E-state index is -0.333. The third kappa shape index (κ3) is 2.36. The summed E-state index contributed by atoms with van der Waals surface area (Å²) in [4.78, 5) is 11.7. The van der Waals surface area contributed by atoms with E-state index in [2.05, 4.69) is 0 Å². The van der Waals surface area contributed by atoms with Crippen molar-refractivity contribution in [1.82, 2.24) is 4.57 Å². The van der Waals surface area contributed by atoms with Crippen LogP contribution in [0, 0.1) is 0 Å². The molecule has 1 aliphatic rings. The molecule has 0 bridgehead atoms. The molecule has 0 aromatic carbocycles. The van der Waals surface area contributed by atoms with Crippen LogP contribution in [0.5, 0.6) is 0 Å². The van der Waals surface area contributed by atoms with E-state index in [1.807, 2.05) is 4.57 Å². The zero-order valence-electron chi connectivity index (χ0n) is 9.31. The first-order chi connectivity index (χ1) is 7.72. The van der Waals surface area contributed by atoms with Gasteiger partial charge >= 0.3 is 5.97 Å². The van der Waals surface area contributed by atoms with Crippen LogP contribution in [0.4, 0.5) is 5.69 Å². The summed E-state index contributed by atoms with van der Waals surface area (Å²) >= 11 is 0. The van der Waals surface area contributed by atoms with E-state index < -0.39 is 0 Å². The average molecular weight is 224 g/mol. The lowest BCUT2D eigenvalue weighted by atomic mass is 10.4. The lowest BCUT2D eigenvalue weighted by Gasteiger charge is -2.07. The van der Waals surface area contributed by atoms with Crippen LogP contribution in [-0.2, 0) is 9.47 Å². The zero-order valence-corrected chi connectivity index (χ0v) is 9.31. The van der Waals surface area contributed by atoms with Crippen LogP contribution in [0.15, 0.2) is 12.3 Å². The lowest BCUT2D eigenvalue weighted by Crippen LogP contribution is -2.13.